The van der Waals surface area contributed by atoms with Gasteiger partial charge in [0.15, 0.2) is 0 Å². The summed E-state index contributed by atoms with van der Waals surface area (Å²) in [6, 6.07) is 7.01. The Morgan fingerprint density at radius 3 is 2.89 bits per heavy atom. The summed E-state index contributed by atoms with van der Waals surface area (Å²) < 4.78 is 5.47. The lowest BCUT2D eigenvalue weighted by Gasteiger charge is -2.39. The third kappa shape index (κ3) is 3.39. The summed E-state index contributed by atoms with van der Waals surface area (Å²) in [6.45, 7) is 6.37. The van der Waals surface area contributed by atoms with Crippen LogP contribution >= 0.6 is 0 Å². The Labute approximate surface area is 115 Å². The second-order valence-electron chi connectivity index (χ2n) is 5.36. The second kappa shape index (κ2) is 6.26. The maximum Gasteiger partial charge on any atom is 0.142 e. The van der Waals surface area contributed by atoms with Crippen molar-refractivity contribution in [3.63, 3.8) is 0 Å². The smallest absolute Gasteiger partial charge is 0.142 e. The average Bonchev–Trinajstić information content (AvgIpc) is 2.38. The molecule has 0 aliphatic carbocycles. The number of nitrogens with one attached hydrogen (secondary N) is 1. The predicted molar refractivity (Wildman–Crippen MR) is 78.0 cm³/mol. The molecule has 0 amide bonds. The third-order valence-electron chi connectivity index (χ3n) is 3.61. The molecule has 0 spiro atoms. The molecule has 106 valence electrons. The van der Waals surface area contributed by atoms with Crippen LogP contribution in [0.1, 0.15) is 18.9 Å². The van der Waals surface area contributed by atoms with Crippen LogP contribution in [0.15, 0.2) is 18.2 Å². The van der Waals surface area contributed by atoms with Crippen LogP contribution in [0.3, 0.4) is 0 Å². The Bertz CT molecular complexity index is 423. The van der Waals surface area contributed by atoms with Crippen LogP contribution in [0, 0.1) is 6.92 Å². The SMILES string of the molecule is COc1ccc(C)cc1N1CC(C)NC(CCO)C1. The highest BCUT2D eigenvalue weighted by molar-refractivity contribution is 5.60. The topological polar surface area (TPSA) is 44.7 Å². The molecule has 1 heterocycles. The number of hydrogen-bond acceptors (Lipinski definition) is 4. The first kappa shape index (κ1) is 14.2. The minimum absolute atomic E-state index is 0.225. The highest BCUT2D eigenvalue weighted by Crippen LogP contribution is 2.30. The number of ether oxygens (including phenoxy) is 1. The summed E-state index contributed by atoms with van der Waals surface area (Å²) in [5.41, 5.74) is 2.39. The zero-order chi connectivity index (χ0) is 13.8. The van der Waals surface area contributed by atoms with E-state index in [1.165, 1.54) is 5.56 Å². The normalized spacial score (nSPS) is 23.5. The van der Waals surface area contributed by atoms with Gasteiger partial charge in [-0.05, 0) is 38.0 Å². The first-order valence-electron chi connectivity index (χ1n) is 6.90. The lowest BCUT2D eigenvalue weighted by atomic mass is 10.1. The van der Waals surface area contributed by atoms with Gasteiger partial charge in [-0.3, -0.25) is 0 Å². The van der Waals surface area contributed by atoms with E-state index < -0.39 is 0 Å². The van der Waals surface area contributed by atoms with Crippen molar-refractivity contribution >= 4 is 5.69 Å². The van der Waals surface area contributed by atoms with Gasteiger partial charge in [-0.2, -0.15) is 0 Å². The fourth-order valence-corrected chi connectivity index (χ4v) is 2.75. The number of nitrogens with zero attached hydrogens (tertiary/aromatic N) is 1. The summed E-state index contributed by atoms with van der Waals surface area (Å²) in [5, 5.41) is 12.6. The van der Waals surface area contributed by atoms with Crippen molar-refractivity contribution < 1.29 is 9.84 Å². The number of piperazine rings is 1. The highest BCUT2D eigenvalue weighted by Gasteiger charge is 2.25. The average molecular weight is 264 g/mol. The minimum atomic E-state index is 0.225. The van der Waals surface area contributed by atoms with Crippen LogP contribution in [0.4, 0.5) is 5.69 Å². The molecule has 1 fully saturated rings. The lowest BCUT2D eigenvalue weighted by molar-refractivity contribution is 0.250. The van der Waals surface area contributed by atoms with E-state index in [0.29, 0.717) is 12.1 Å². The maximum atomic E-state index is 9.12. The number of methoxy groups -OCH3 is 1. The molecule has 1 aromatic carbocycles. The van der Waals surface area contributed by atoms with Gasteiger partial charge in [0.25, 0.3) is 0 Å². The van der Waals surface area contributed by atoms with Gasteiger partial charge in [0.05, 0.1) is 12.8 Å². The summed E-state index contributed by atoms with van der Waals surface area (Å²) in [5.74, 6) is 0.919. The standard InChI is InChI=1S/C15H24N2O2/c1-11-4-5-15(19-3)14(8-11)17-9-12(2)16-13(10-17)6-7-18/h4-5,8,12-13,16,18H,6-7,9-10H2,1-3H3. The highest BCUT2D eigenvalue weighted by atomic mass is 16.5. The molecule has 1 aliphatic rings. The number of rotatable bonds is 4. The van der Waals surface area contributed by atoms with E-state index in [9.17, 15) is 0 Å². The van der Waals surface area contributed by atoms with Crippen LogP contribution in [0.25, 0.3) is 0 Å². The Balaban J connectivity index is 2.22. The van der Waals surface area contributed by atoms with E-state index in [1.54, 1.807) is 7.11 Å². The zero-order valence-corrected chi connectivity index (χ0v) is 12.0. The Morgan fingerprint density at radius 1 is 1.42 bits per heavy atom. The summed E-state index contributed by atoms with van der Waals surface area (Å²) >= 11 is 0. The van der Waals surface area contributed by atoms with Gasteiger partial charge in [0, 0.05) is 31.8 Å². The number of aryl methyl sites for hydroxylation is 1. The van der Waals surface area contributed by atoms with Gasteiger partial charge in [-0.15, -0.1) is 0 Å². The van der Waals surface area contributed by atoms with Crippen molar-refractivity contribution in [2.45, 2.75) is 32.4 Å². The molecule has 0 bridgehead atoms. The van der Waals surface area contributed by atoms with Gasteiger partial charge < -0.3 is 20.1 Å². The van der Waals surface area contributed by atoms with Crippen LogP contribution in [-0.2, 0) is 0 Å². The number of aliphatic hydroxyl groups is 1. The van der Waals surface area contributed by atoms with Gasteiger partial charge in [0.1, 0.15) is 5.75 Å². The van der Waals surface area contributed by atoms with Crippen LogP contribution < -0.4 is 15.0 Å². The molecule has 1 saturated heterocycles. The first-order valence-corrected chi connectivity index (χ1v) is 6.90. The molecular formula is C15H24N2O2. The molecule has 2 rings (SSSR count). The van der Waals surface area contributed by atoms with Crippen molar-refractivity contribution in [3.8, 4) is 5.75 Å². The third-order valence-corrected chi connectivity index (χ3v) is 3.61. The fraction of sp³-hybridized carbons (Fsp3) is 0.600. The molecule has 19 heavy (non-hydrogen) atoms. The van der Waals surface area contributed by atoms with Crippen molar-refractivity contribution in [1.29, 1.82) is 0 Å². The molecule has 0 saturated carbocycles. The molecule has 0 aromatic heterocycles. The Morgan fingerprint density at radius 2 is 2.21 bits per heavy atom. The molecule has 1 aliphatic heterocycles. The van der Waals surface area contributed by atoms with Crippen molar-refractivity contribution in [2.24, 2.45) is 0 Å². The lowest BCUT2D eigenvalue weighted by Crippen LogP contribution is -2.55. The molecular weight excluding hydrogens is 240 g/mol. The quantitative estimate of drug-likeness (QED) is 0.866. The fourth-order valence-electron chi connectivity index (χ4n) is 2.75. The number of anilines is 1. The maximum absolute atomic E-state index is 9.12. The molecule has 2 N–H and O–H groups in total. The van der Waals surface area contributed by atoms with E-state index in [1.807, 2.05) is 6.07 Å². The molecule has 0 radical (unpaired) electrons. The van der Waals surface area contributed by atoms with E-state index in [-0.39, 0.29) is 6.61 Å². The van der Waals surface area contributed by atoms with Crippen LogP contribution in [0.2, 0.25) is 0 Å². The van der Waals surface area contributed by atoms with Gasteiger partial charge in [-0.25, -0.2) is 0 Å². The molecule has 4 nitrogen and oxygen atoms in total. The Hall–Kier alpha value is -1.26. The summed E-state index contributed by atoms with van der Waals surface area (Å²) in [6.07, 6.45) is 0.787. The molecule has 2 unspecified atom stereocenters. The largest absolute Gasteiger partial charge is 0.495 e. The first-order chi connectivity index (χ1) is 9.13. The number of benzene rings is 1. The van der Waals surface area contributed by atoms with Crippen LogP contribution in [0.5, 0.6) is 5.75 Å². The van der Waals surface area contributed by atoms with Crippen molar-refractivity contribution in [1.82, 2.24) is 5.32 Å². The monoisotopic (exact) mass is 264 g/mol. The van der Waals surface area contributed by atoms with E-state index in [0.717, 1.165) is 30.9 Å². The van der Waals surface area contributed by atoms with Gasteiger partial charge in [-0.1, -0.05) is 6.07 Å². The number of hydrogen-bond donors (Lipinski definition) is 2. The summed E-state index contributed by atoms with van der Waals surface area (Å²) in [7, 11) is 1.71. The molecule has 2 atom stereocenters. The second-order valence-corrected chi connectivity index (χ2v) is 5.36. The van der Waals surface area contributed by atoms with Crippen LogP contribution in [-0.4, -0.2) is 44.0 Å². The molecule has 4 heteroatoms. The molecule has 1 aromatic rings. The van der Waals surface area contributed by atoms with Gasteiger partial charge in [0.2, 0.25) is 0 Å². The Kier molecular flexibility index (Phi) is 4.66. The zero-order valence-electron chi connectivity index (χ0n) is 12.0. The van der Waals surface area contributed by atoms with Gasteiger partial charge >= 0.3 is 0 Å². The summed E-state index contributed by atoms with van der Waals surface area (Å²) in [4.78, 5) is 2.35. The number of aliphatic hydroxyl groups excluding tert-OH is 1. The van der Waals surface area contributed by atoms with Crippen molar-refractivity contribution in [2.75, 3.05) is 31.7 Å². The minimum Gasteiger partial charge on any atom is -0.495 e. The van der Waals surface area contributed by atoms with Crippen molar-refractivity contribution in [3.05, 3.63) is 23.8 Å². The van der Waals surface area contributed by atoms with E-state index in [4.69, 9.17) is 9.84 Å². The van der Waals surface area contributed by atoms with E-state index >= 15 is 0 Å². The predicted octanol–water partition coefficient (Wildman–Crippen LogP) is 1.55. The van der Waals surface area contributed by atoms with E-state index in [2.05, 4.69) is 36.2 Å².